The van der Waals surface area contributed by atoms with Crippen LogP contribution in [-0.4, -0.2) is 25.0 Å². The maximum atomic E-state index is 11.3. The van der Waals surface area contributed by atoms with Crippen molar-refractivity contribution < 1.29 is 14.8 Å². The van der Waals surface area contributed by atoms with Crippen molar-refractivity contribution in [3.05, 3.63) is 66.7 Å². The molecule has 0 bridgehead atoms. The standard InChI is InChI=1S/C15H11N7O6/c16-7-1-3-9(11(5-7)21(25)26)14-13(17)15(19-18-14)10-4-2-8(20(23)24)6-12(10)22(27)28/h1-6H,16-17H2,(H,18,19). The molecule has 0 radical (unpaired) electrons. The molecule has 1 heterocycles. The largest absolute Gasteiger partial charge is 0.399 e. The number of H-pyrrole nitrogens is 1. The third kappa shape index (κ3) is 3.03. The third-order valence-electron chi connectivity index (χ3n) is 3.94. The second-order valence-corrected chi connectivity index (χ2v) is 5.61. The van der Waals surface area contributed by atoms with Gasteiger partial charge in [0.25, 0.3) is 17.1 Å². The zero-order chi connectivity index (χ0) is 20.6. The number of rotatable bonds is 5. The zero-order valence-electron chi connectivity index (χ0n) is 13.9. The molecule has 1 aromatic heterocycles. The van der Waals surface area contributed by atoms with Gasteiger partial charge < -0.3 is 11.5 Å². The van der Waals surface area contributed by atoms with Crippen LogP contribution in [0.4, 0.5) is 28.4 Å². The summed E-state index contributed by atoms with van der Waals surface area (Å²) < 4.78 is 0. The number of nitrogens with one attached hydrogen (secondary N) is 1. The fourth-order valence-electron chi connectivity index (χ4n) is 2.66. The molecule has 0 saturated heterocycles. The number of anilines is 2. The Kier molecular flexibility index (Phi) is 4.33. The van der Waals surface area contributed by atoms with Crippen LogP contribution in [0.1, 0.15) is 0 Å². The highest BCUT2D eigenvalue weighted by Gasteiger charge is 2.27. The van der Waals surface area contributed by atoms with Crippen molar-refractivity contribution in [3.8, 4) is 22.5 Å². The molecule has 5 N–H and O–H groups in total. The fourth-order valence-corrected chi connectivity index (χ4v) is 2.66. The summed E-state index contributed by atoms with van der Waals surface area (Å²) in [5, 5.41) is 40.0. The van der Waals surface area contributed by atoms with E-state index in [0.717, 1.165) is 24.3 Å². The normalized spacial score (nSPS) is 10.6. The molecule has 0 saturated carbocycles. The van der Waals surface area contributed by atoms with E-state index in [-0.39, 0.29) is 39.6 Å². The van der Waals surface area contributed by atoms with Gasteiger partial charge in [-0.25, -0.2) is 0 Å². The van der Waals surface area contributed by atoms with Crippen LogP contribution in [0, 0.1) is 30.3 Å². The van der Waals surface area contributed by atoms with Gasteiger partial charge in [0, 0.05) is 17.8 Å². The van der Waals surface area contributed by atoms with Gasteiger partial charge >= 0.3 is 0 Å². The number of aromatic nitrogens is 2. The lowest BCUT2D eigenvalue weighted by Gasteiger charge is -2.04. The number of hydrogen-bond donors (Lipinski definition) is 3. The molecule has 0 aliphatic carbocycles. The van der Waals surface area contributed by atoms with Gasteiger partial charge in [-0.1, -0.05) is 0 Å². The first-order chi connectivity index (χ1) is 13.2. The maximum Gasteiger partial charge on any atom is 0.285 e. The quantitative estimate of drug-likeness (QED) is 0.334. The summed E-state index contributed by atoms with van der Waals surface area (Å²) in [7, 11) is 0. The number of nitro benzene ring substituents is 3. The number of hydrogen-bond acceptors (Lipinski definition) is 9. The van der Waals surface area contributed by atoms with Gasteiger partial charge in [-0.15, -0.1) is 0 Å². The van der Waals surface area contributed by atoms with E-state index in [9.17, 15) is 30.3 Å². The highest BCUT2D eigenvalue weighted by atomic mass is 16.6. The first-order valence-corrected chi connectivity index (χ1v) is 7.52. The van der Waals surface area contributed by atoms with E-state index in [0.29, 0.717) is 0 Å². The third-order valence-corrected chi connectivity index (χ3v) is 3.94. The van der Waals surface area contributed by atoms with Crippen molar-refractivity contribution in [3.63, 3.8) is 0 Å². The van der Waals surface area contributed by atoms with Crippen LogP contribution in [0.5, 0.6) is 0 Å². The number of nitrogens with two attached hydrogens (primary N) is 2. The van der Waals surface area contributed by atoms with Gasteiger partial charge in [-0.2, -0.15) is 5.10 Å². The average Bonchev–Trinajstić information content (AvgIpc) is 3.02. The Morgan fingerprint density at radius 2 is 1.43 bits per heavy atom. The molecule has 0 atom stereocenters. The Hall–Kier alpha value is -4.55. The van der Waals surface area contributed by atoms with Crippen LogP contribution < -0.4 is 11.5 Å². The molecule has 0 aliphatic heterocycles. The van der Waals surface area contributed by atoms with E-state index in [1.54, 1.807) is 0 Å². The van der Waals surface area contributed by atoms with Crippen molar-refractivity contribution >= 4 is 28.4 Å². The molecule has 0 spiro atoms. The van der Waals surface area contributed by atoms with E-state index in [1.165, 1.54) is 12.1 Å². The van der Waals surface area contributed by atoms with Gasteiger partial charge in [0.2, 0.25) is 0 Å². The van der Waals surface area contributed by atoms with E-state index < -0.39 is 26.1 Å². The van der Waals surface area contributed by atoms with Gasteiger partial charge in [0.05, 0.1) is 43.3 Å². The Morgan fingerprint density at radius 1 is 0.821 bits per heavy atom. The minimum absolute atomic E-state index is 0.00252. The Balaban J connectivity index is 2.20. The number of benzene rings is 2. The summed E-state index contributed by atoms with van der Waals surface area (Å²) in [6, 6.07) is 6.94. The average molecular weight is 385 g/mol. The number of non-ortho nitro benzene ring substituents is 1. The minimum atomic E-state index is -0.798. The molecule has 0 amide bonds. The molecule has 142 valence electrons. The summed E-state index contributed by atoms with van der Waals surface area (Å²) in [6.45, 7) is 0. The highest BCUT2D eigenvalue weighted by Crippen LogP contribution is 2.41. The second-order valence-electron chi connectivity index (χ2n) is 5.61. The monoisotopic (exact) mass is 385 g/mol. The Labute approximate surface area is 155 Å². The van der Waals surface area contributed by atoms with Gasteiger partial charge in [-0.3, -0.25) is 35.4 Å². The summed E-state index contributed by atoms with van der Waals surface area (Å²) in [5.41, 5.74) is 10.3. The molecule has 28 heavy (non-hydrogen) atoms. The van der Waals surface area contributed by atoms with Crippen LogP contribution >= 0.6 is 0 Å². The van der Waals surface area contributed by atoms with Crippen LogP contribution in [0.2, 0.25) is 0 Å². The molecule has 2 aromatic carbocycles. The Morgan fingerprint density at radius 3 is 2.04 bits per heavy atom. The van der Waals surface area contributed by atoms with Crippen LogP contribution in [0.3, 0.4) is 0 Å². The van der Waals surface area contributed by atoms with E-state index in [4.69, 9.17) is 11.5 Å². The molecule has 3 aromatic rings. The topological polar surface area (TPSA) is 210 Å². The van der Waals surface area contributed by atoms with Crippen molar-refractivity contribution in [2.24, 2.45) is 0 Å². The van der Waals surface area contributed by atoms with E-state index in [1.807, 2.05) is 0 Å². The number of aromatic amines is 1. The first-order valence-electron chi connectivity index (χ1n) is 7.52. The lowest BCUT2D eigenvalue weighted by atomic mass is 10.0. The predicted molar refractivity (Wildman–Crippen MR) is 98.2 cm³/mol. The number of nitro groups is 3. The molecule has 13 heteroatoms. The molecule has 0 aliphatic rings. The van der Waals surface area contributed by atoms with Crippen molar-refractivity contribution in [1.29, 1.82) is 0 Å². The van der Waals surface area contributed by atoms with Gasteiger partial charge in [-0.05, 0) is 18.2 Å². The maximum absolute atomic E-state index is 11.3. The van der Waals surface area contributed by atoms with Gasteiger partial charge in [0.15, 0.2) is 0 Å². The molecular formula is C15H11N7O6. The number of nitrogen functional groups attached to an aromatic ring is 2. The predicted octanol–water partition coefficient (Wildman–Crippen LogP) is 2.63. The molecule has 0 fully saturated rings. The van der Waals surface area contributed by atoms with E-state index >= 15 is 0 Å². The smallest absolute Gasteiger partial charge is 0.285 e. The summed E-state index contributed by atoms with van der Waals surface area (Å²) in [6.07, 6.45) is 0. The number of nitrogens with zero attached hydrogens (tertiary/aromatic N) is 4. The van der Waals surface area contributed by atoms with Crippen molar-refractivity contribution in [2.45, 2.75) is 0 Å². The van der Waals surface area contributed by atoms with Gasteiger partial charge in [0.1, 0.15) is 5.69 Å². The van der Waals surface area contributed by atoms with Crippen molar-refractivity contribution in [2.75, 3.05) is 11.5 Å². The molecular weight excluding hydrogens is 374 g/mol. The van der Waals surface area contributed by atoms with Crippen LogP contribution in [-0.2, 0) is 0 Å². The van der Waals surface area contributed by atoms with E-state index in [2.05, 4.69) is 10.2 Å². The molecule has 13 nitrogen and oxygen atoms in total. The SMILES string of the molecule is Nc1ccc(-c2n[nH]c(-c3ccc([N+](=O)[O-])cc3[N+](=O)[O-])c2N)c([N+](=O)[O-])c1. The zero-order valence-corrected chi connectivity index (χ0v) is 13.9. The lowest BCUT2D eigenvalue weighted by molar-refractivity contribution is -0.393. The summed E-state index contributed by atoms with van der Waals surface area (Å²) in [4.78, 5) is 31.3. The second kappa shape index (κ2) is 6.64. The fraction of sp³-hybridized carbons (Fsp3) is 0. The first kappa shape index (κ1) is 18.2. The summed E-state index contributed by atoms with van der Waals surface area (Å²) in [5.74, 6) is 0. The van der Waals surface area contributed by atoms with Crippen LogP contribution in [0.15, 0.2) is 36.4 Å². The molecule has 3 rings (SSSR count). The highest BCUT2D eigenvalue weighted by molar-refractivity contribution is 5.91. The minimum Gasteiger partial charge on any atom is -0.399 e. The lowest BCUT2D eigenvalue weighted by Crippen LogP contribution is -1.98. The molecule has 0 unspecified atom stereocenters. The van der Waals surface area contributed by atoms with Crippen molar-refractivity contribution in [1.82, 2.24) is 10.2 Å². The summed E-state index contributed by atoms with van der Waals surface area (Å²) >= 11 is 0. The Bertz CT molecular complexity index is 1140. The van der Waals surface area contributed by atoms with Crippen LogP contribution in [0.25, 0.3) is 22.5 Å².